The van der Waals surface area contributed by atoms with E-state index >= 15 is 0 Å². The molecule has 0 aliphatic rings. The lowest BCUT2D eigenvalue weighted by atomic mass is 10.1. The molecule has 0 aromatic carbocycles. The second-order valence-electron chi connectivity index (χ2n) is 5.21. The summed E-state index contributed by atoms with van der Waals surface area (Å²) in [6, 6.07) is 7.22. The highest BCUT2D eigenvalue weighted by Crippen LogP contribution is 2.18. The van der Waals surface area contributed by atoms with E-state index in [-0.39, 0.29) is 5.56 Å². The Hall–Kier alpha value is -2.69. The lowest BCUT2D eigenvalue weighted by Gasteiger charge is -2.09. The molecule has 0 bridgehead atoms. The molecular formula is C16H16N4O. The summed E-state index contributed by atoms with van der Waals surface area (Å²) in [4.78, 5) is 16.5. The van der Waals surface area contributed by atoms with Crippen LogP contribution in [0.1, 0.15) is 25.5 Å². The SMILES string of the molecule is CC(C)c1ccc(-n2cc(-c3cn[nH]c3)ccc2=O)cn1. The Morgan fingerprint density at radius 3 is 2.57 bits per heavy atom. The van der Waals surface area contributed by atoms with Crippen LogP contribution in [0.25, 0.3) is 16.8 Å². The average molecular weight is 280 g/mol. The average Bonchev–Trinajstić information content (AvgIpc) is 3.02. The summed E-state index contributed by atoms with van der Waals surface area (Å²) in [5.41, 5.74) is 3.56. The Morgan fingerprint density at radius 2 is 1.95 bits per heavy atom. The van der Waals surface area contributed by atoms with Crippen molar-refractivity contribution in [1.29, 1.82) is 0 Å². The molecule has 0 amide bonds. The van der Waals surface area contributed by atoms with Gasteiger partial charge in [0.2, 0.25) is 0 Å². The van der Waals surface area contributed by atoms with Crippen molar-refractivity contribution in [3.8, 4) is 16.8 Å². The fraction of sp³-hybridized carbons (Fsp3) is 0.188. The summed E-state index contributed by atoms with van der Waals surface area (Å²) in [7, 11) is 0. The number of nitrogens with one attached hydrogen (secondary N) is 1. The third-order valence-electron chi connectivity index (χ3n) is 3.38. The normalized spacial score (nSPS) is 11.0. The monoisotopic (exact) mass is 280 g/mol. The number of rotatable bonds is 3. The molecule has 3 aromatic rings. The minimum Gasteiger partial charge on any atom is -0.285 e. The maximum Gasteiger partial charge on any atom is 0.255 e. The van der Waals surface area contributed by atoms with E-state index in [2.05, 4.69) is 29.0 Å². The Kier molecular flexibility index (Phi) is 3.39. The highest BCUT2D eigenvalue weighted by molar-refractivity contribution is 5.60. The zero-order chi connectivity index (χ0) is 14.8. The summed E-state index contributed by atoms with van der Waals surface area (Å²) in [5.74, 6) is 0.369. The minimum absolute atomic E-state index is 0.0821. The minimum atomic E-state index is -0.0821. The van der Waals surface area contributed by atoms with Crippen LogP contribution in [0.15, 0.2) is 53.8 Å². The van der Waals surface area contributed by atoms with Crippen LogP contribution in [0.4, 0.5) is 0 Å². The molecule has 0 saturated heterocycles. The van der Waals surface area contributed by atoms with Crippen LogP contribution in [0.3, 0.4) is 0 Å². The highest BCUT2D eigenvalue weighted by Gasteiger charge is 2.06. The lowest BCUT2D eigenvalue weighted by Crippen LogP contribution is -2.16. The molecule has 0 unspecified atom stereocenters. The molecule has 3 aromatic heterocycles. The largest absolute Gasteiger partial charge is 0.285 e. The number of pyridine rings is 2. The zero-order valence-corrected chi connectivity index (χ0v) is 11.9. The molecule has 3 heterocycles. The molecule has 0 spiro atoms. The van der Waals surface area contributed by atoms with Gasteiger partial charge in [0, 0.05) is 35.3 Å². The van der Waals surface area contributed by atoms with Crippen LogP contribution in [-0.2, 0) is 0 Å². The molecule has 0 saturated carbocycles. The number of nitrogens with zero attached hydrogens (tertiary/aromatic N) is 3. The van der Waals surface area contributed by atoms with Gasteiger partial charge in [0.15, 0.2) is 0 Å². The van der Waals surface area contributed by atoms with Crippen LogP contribution in [-0.4, -0.2) is 19.7 Å². The number of hydrogen-bond acceptors (Lipinski definition) is 3. The third kappa shape index (κ3) is 2.63. The number of hydrogen-bond donors (Lipinski definition) is 1. The smallest absolute Gasteiger partial charge is 0.255 e. The van der Waals surface area contributed by atoms with E-state index in [1.54, 1.807) is 41.5 Å². The summed E-state index contributed by atoms with van der Waals surface area (Å²) in [6.45, 7) is 4.18. The van der Waals surface area contributed by atoms with Crippen molar-refractivity contribution < 1.29 is 0 Å². The van der Waals surface area contributed by atoms with Crippen molar-refractivity contribution in [1.82, 2.24) is 19.7 Å². The van der Waals surface area contributed by atoms with Gasteiger partial charge in [-0.2, -0.15) is 5.10 Å². The molecule has 1 N–H and O–H groups in total. The van der Waals surface area contributed by atoms with E-state index in [0.717, 1.165) is 22.5 Å². The van der Waals surface area contributed by atoms with E-state index in [1.807, 2.05) is 12.1 Å². The Labute approximate surface area is 122 Å². The Bertz CT molecular complexity index is 786. The first-order chi connectivity index (χ1) is 10.1. The molecule has 0 aliphatic heterocycles. The van der Waals surface area contributed by atoms with Crippen molar-refractivity contribution in [3.05, 3.63) is 65.1 Å². The van der Waals surface area contributed by atoms with Crippen LogP contribution in [0.2, 0.25) is 0 Å². The van der Waals surface area contributed by atoms with Gasteiger partial charge >= 0.3 is 0 Å². The van der Waals surface area contributed by atoms with Crippen LogP contribution < -0.4 is 5.56 Å². The van der Waals surface area contributed by atoms with Crippen LogP contribution in [0, 0.1) is 0 Å². The molecular weight excluding hydrogens is 264 g/mol. The standard InChI is InChI=1S/C16H16N4O/c1-11(2)15-5-4-14(9-17-15)20-10-12(3-6-16(20)21)13-7-18-19-8-13/h3-11H,1-2H3,(H,18,19). The molecule has 0 fully saturated rings. The first-order valence-corrected chi connectivity index (χ1v) is 6.83. The second kappa shape index (κ2) is 5.36. The van der Waals surface area contributed by atoms with Gasteiger partial charge in [0.1, 0.15) is 0 Å². The molecule has 5 heteroatoms. The Balaban J connectivity index is 2.05. The number of aromatic amines is 1. The summed E-state index contributed by atoms with van der Waals surface area (Å²) in [6.07, 6.45) is 7.06. The lowest BCUT2D eigenvalue weighted by molar-refractivity contribution is 0.818. The first-order valence-electron chi connectivity index (χ1n) is 6.83. The predicted octanol–water partition coefficient (Wildman–Crippen LogP) is 2.75. The fourth-order valence-corrected chi connectivity index (χ4v) is 2.15. The van der Waals surface area contributed by atoms with Crippen molar-refractivity contribution in [2.24, 2.45) is 0 Å². The van der Waals surface area contributed by atoms with Crippen molar-refractivity contribution in [2.75, 3.05) is 0 Å². The van der Waals surface area contributed by atoms with Gasteiger partial charge in [0.05, 0.1) is 18.1 Å². The highest BCUT2D eigenvalue weighted by atomic mass is 16.1. The summed E-state index contributed by atoms with van der Waals surface area (Å²) < 4.78 is 1.60. The molecule has 106 valence electrons. The van der Waals surface area contributed by atoms with E-state index in [0.29, 0.717) is 5.92 Å². The van der Waals surface area contributed by atoms with Gasteiger partial charge in [-0.25, -0.2) is 0 Å². The molecule has 0 radical (unpaired) electrons. The zero-order valence-electron chi connectivity index (χ0n) is 11.9. The van der Waals surface area contributed by atoms with Gasteiger partial charge in [-0.05, 0) is 24.1 Å². The maximum absolute atomic E-state index is 12.1. The summed E-state index contributed by atoms with van der Waals surface area (Å²) >= 11 is 0. The van der Waals surface area contributed by atoms with Gasteiger partial charge in [0.25, 0.3) is 5.56 Å². The fourth-order valence-electron chi connectivity index (χ4n) is 2.15. The first kappa shape index (κ1) is 13.3. The quantitative estimate of drug-likeness (QED) is 0.802. The third-order valence-corrected chi connectivity index (χ3v) is 3.38. The molecule has 3 rings (SSSR count). The Morgan fingerprint density at radius 1 is 1.10 bits per heavy atom. The van der Waals surface area contributed by atoms with E-state index in [9.17, 15) is 4.79 Å². The van der Waals surface area contributed by atoms with Crippen molar-refractivity contribution in [3.63, 3.8) is 0 Å². The maximum atomic E-state index is 12.1. The molecule has 21 heavy (non-hydrogen) atoms. The van der Waals surface area contributed by atoms with E-state index in [1.165, 1.54) is 0 Å². The molecule has 0 atom stereocenters. The van der Waals surface area contributed by atoms with Crippen LogP contribution in [0.5, 0.6) is 0 Å². The summed E-state index contributed by atoms with van der Waals surface area (Å²) in [5, 5.41) is 6.70. The molecule has 5 nitrogen and oxygen atoms in total. The second-order valence-corrected chi connectivity index (χ2v) is 5.21. The van der Waals surface area contributed by atoms with Crippen molar-refractivity contribution in [2.45, 2.75) is 19.8 Å². The number of H-pyrrole nitrogens is 1. The predicted molar refractivity (Wildman–Crippen MR) is 81.5 cm³/mol. The van der Waals surface area contributed by atoms with E-state index in [4.69, 9.17) is 0 Å². The topological polar surface area (TPSA) is 63.6 Å². The van der Waals surface area contributed by atoms with Gasteiger partial charge in [-0.15, -0.1) is 0 Å². The van der Waals surface area contributed by atoms with Gasteiger partial charge in [-0.1, -0.05) is 13.8 Å². The van der Waals surface area contributed by atoms with E-state index < -0.39 is 0 Å². The van der Waals surface area contributed by atoms with Gasteiger partial charge < -0.3 is 0 Å². The molecule has 0 aliphatic carbocycles. The number of aromatic nitrogens is 4. The van der Waals surface area contributed by atoms with Gasteiger partial charge in [-0.3, -0.25) is 19.4 Å². The van der Waals surface area contributed by atoms with Crippen LogP contribution >= 0.6 is 0 Å². The van der Waals surface area contributed by atoms with Crippen molar-refractivity contribution >= 4 is 0 Å².